The van der Waals surface area contributed by atoms with Gasteiger partial charge in [-0.15, -0.1) is 0 Å². The third-order valence-electron chi connectivity index (χ3n) is 4.71. The van der Waals surface area contributed by atoms with Gasteiger partial charge in [0.1, 0.15) is 5.82 Å². The number of carbonyl (C=O) groups is 1. The highest BCUT2D eigenvalue weighted by Gasteiger charge is 2.27. The maximum Gasteiger partial charge on any atom is 0.333 e. The number of aromatic nitrogens is 1. The number of nitrogens with zero attached hydrogens (tertiary/aromatic N) is 4. The molecule has 0 saturated carbocycles. The Bertz CT molecular complexity index is 798. The highest BCUT2D eigenvalue weighted by atomic mass is 16.4. The molecule has 1 N–H and O–H groups in total. The number of benzene rings is 1. The molecular formula is C19H20N4O2. The van der Waals surface area contributed by atoms with E-state index in [0.717, 1.165) is 43.2 Å². The van der Waals surface area contributed by atoms with E-state index in [9.17, 15) is 9.90 Å². The van der Waals surface area contributed by atoms with E-state index in [4.69, 9.17) is 0 Å². The first kappa shape index (κ1) is 15.7. The molecule has 1 fully saturated rings. The number of carboxylic acid groups (broad SMARTS) is 1. The molecule has 1 aromatic heterocycles. The van der Waals surface area contributed by atoms with Crippen LogP contribution in [0.15, 0.2) is 60.4 Å². The predicted octanol–water partition coefficient (Wildman–Crippen LogP) is 2.15. The van der Waals surface area contributed by atoms with E-state index in [-0.39, 0.29) is 0 Å². The van der Waals surface area contributed by atoms with Gasteiger partial charge in [0, 0.05) is 45.0 Å². The molecule has 0 radical (unpaired) electrons. The van der Waals surface area contributed by atoms with Crippen molar-refractivity contribution < 1.29 is 9.90 Å². The molecule has 6 heteroatoms. The van der Waals surface area contributed by atoms with E-state index >= 15 is 0 Å². The summed E-state index contributed by atoms with van der Waals surface area (Å²) in [6.07, 6.45) is 4.04. The Morgan fingerprint density at radius 2 is 1.76 bits per heavy atom. The summed E-state index contributed by atoms with van der Waals surface area (Å²) in [7, 11) is 0. The van der Waals surface area contributed by atoms with Crippen molar-refractivity contribution in [3.8, 4) is 0 Å². The lowest BCUT2D eigenvalue weighted by atomic mass is 10.0. The molecule has 3 heterocycles. The Hall–Kier alpha value is -2.86. The molecular weight excluding hydrogens is 316 g/mol. The van der Waals surface area contributed by atoms with Gasteiger partial charge in [-0.2, -0.15) is 0 Å². The molecule has 0 unspecified atom stereocenters. The van der Waals surface area contributed by atoms with Crippen LogP contribution in [0.1, 0.15) is 5.56 Å². The molecule has 6 nitrogen and oxygen atoms in total. The molecule has 4 rings (SSSR count). The minimum absolute atomic E-state index is 0.422. The molecule has 2 aliphatic heterocycles. The van der Waals surface area contributed by atoms with Crippen LogP contribution in [0.4, 0.5) is 11.5 Å². The molecule has 1 aromatic carbocycles. The predicted molar refractivity (Wildman–Crippen MR) is 96.4 cm³/mol. The molecule has 1 saturated heterocycles. The van der Waals surface area contributed by atoms with E-state index < -0.39 is 5.97 Å². The first-order valence-electron chi connectivity index (χ1n) is 8.44. The van der Waals surface area contributed by atoms with E-state index in [1.165, 1.54) is 0 Å². The Balaban J connectivity index is 1.55. The average molecular weight is 336 g/mol. The number of aliphatic carboxylic acids is 1. The standard InChI is InChI=1S/C19H20N4O2/c24-19(25)16-13-15-5-1-2-6-17(15)23(14-16)22-11-9-21(10-12-22)18-7-3-4-8-20-18/h1-8,14H,9-13H2,(H,24,25). The van der Waals surface area contributed by atoms with Crippen molar-refractivity contribution in [2.24, 2.45) is 0 Å². The maximum absolute atomic E-state index is 11.5. The number of hydrogen-bond donors (Lipinski definition) is 1. The number of para-hydroxylation sites is 1. The van der Waals surface area contributed by atoms with Gasteiger partial charge in [-0.25, -0.2) is 14.8 Å². The summed E-state index contributed by atoms with van der Waals surface area (Å²) in [5.74, 6) is 0.134. The normalized spacial score (nSPS) is 17.8. The summed E-state index contributed by atoms with van der Waals surface area (Å²) in [5.41, 5.74) is 2.54. The molecule has 0 aliphatic carbocycles. The molecule has 0 spiro atoms. The molecule has 2 aliphatic rings. The van der Waals surface area contributed by atoms with Crippen LogP contribution in [-0.4, -0.2) is 47.2 Å². The van der Waals surface area contributed by atoms with E-state index in [1.54, 1.807) is 6.20 Å². The van der Waals surface area contributed by atoms with Crippen LogP contribution >= 0.6 is 0 Å². The van der Waals surface area contributed by atoms with Crippen LogP contribution in [-0.2, 0) is 11.2 Å². The number of pyridine rings is 1. The highest BCUT2D eigenvalue weighted by molar-refractivity contribution is 5.89. The third kappa shape index (κ3) is 3.08. The van der Waals surface area contributed by atoms with Gasteiger partial charge in [0.2, 0.25) is 0 Å². The van der Waals surface area contributed by atoms with Crippen LogP contribution in [0.5, 0.6) is 0 Å². The number of hydrogen-bond acceptors (Lipinski definition) is 5. The van der Waals surface area contributed by atoms with Gasteiger partial charge >= 0.3 is 5.97 Å². The zero-order valence-electron chi connectivity index (χ0n) is 13.9. The topological polar surface area (TPSA) is 59.9 Å². The zero-order chi connectivity index (χ0) is 17.2. The second-order valence-electron chi connectivity index (χ2n) is 6.24. The van der Waals surface area contributed by atoms with Crippen LogP contribution < -0.4 is 9.91 Å². The Labute approximate surface area is 146 Å². The quantitative estimate of drug-likeness (QED) is 0.927. The second kappa shape index (κ2) is 6.57. The Morgan fingerprint density at radius 1 is 1.00 bits per heavy atom. The SMILES string of the molecule is O=C(O)C1=CN(N2CCN(c3ccccn3)CC2)c2ccccc2C1. The van der Waals surface area contributed by atoms with Crippen LogP contribution in [0.3, 0.4) is 0 Å². The number of rotatable bonds is 3. The number of piperazine rings is 1. The number of hydrazine groups is 1. The average Bonchev–Trinajstić information content (AvgIpc) is 2.68. The van der Waals surface area contributed by atoms with Crippen molar-refractivity contribution in [2.45, 2.75) is 6.42 Å². The molecule has 128 valence electrons. The van der Waals surface area contributed by atoms with Crippen molar-refractivity contribution in [3.63, 3.8) is 0 Å². The first-order chi connectivity index (χ1) is 12.2. The fourth-order valence-electron chi connectivity index (χ4n) is 3.40. The van der Waals surface area contributed by atoms with Gasteiger partial charge < -0.3 is 10.0 Å². The third-order valence-corrected chi connectivity index (χ3v) is 4.71. The van der Waals surface area contributed by atoms with Crippen LogP contribution in [0.2, 0.25) is 0 Å². The summed E-state index contributed by atoms with van der Waals surface area (Å²) in [6.45, 7) is 3.33. The van der Waals surface area contributed by atoms with Gasteiger partial charge in [0.05, 0.1) is 11.3 Å². The first-order valence-corrected chi connectivity index (χ1v) is 8.44. The van der Waals surface area contributed by atoms with Gasteiger partial charge in [-0.3, -0.25) is 5.01 Å². The monoisotopic (exact) mass is 336 g/mol. The van der Waals surface area contributed by atoms with Crippen molar-refractivity contribution in [1.82, 2.24) is 9.99 Å². The minimum Gasteiger partial charge on any atom is -0.478 e. The summed E-state index contributed by atoms with van der Waals surface area (Å²) in [4.78, 5) is 18.2. The summed E-state index contributed by atoms with van der Waals surface area (Å²) < 4.78 is 0. The minimum atomic E-state index is -0.855. The molecule has 0 amide bonds. The van der Waals surface area contributed by atoms with Crippen molar-refractivity contribution in [2.75, 3.05) is 36.1 Å². The van der Waals surface area contributed by atoms with Crippen LogP contribution in [0.25, 0.3) is 0 Å². The summed E-state index contributed by atoms with van der Waals surface area (Å²) >= 11 is 0. The Kier molecular flexibility index (Phi) is 4.11. The smallest absolute Gasteiger partial charge is 0.333 e. The largest absolute Gasteiger partial charge is 0.478 e. The number of carboxylic acids is 1. The number of anilines is 2. The van der Waals surface area contributed by atoms with Gasteiger partial charge in [0.25, 0.3) is 0 Å². The van der Waals surface area contributed by atoms with E-state index in [2.05, 4.69) is 21.0 Å². The summed E-state index contributed by atoms with van der Waals surface area (Å²) in [5, 5.41) is 13.7. The fourth-order valence-corrected chi connectivity index (χ4v) is 3.40. The lowest BCUT2D eigenvalue weighted by molar-refractivity contribution is -0.132. The maximum atomic E-state index is 11.5. The number of fused-ring (bicyclic) bond motifs is 1. The molecule has 25 heavy (non-hydrogen) atoms. The second-order valence-corrected chi connectivity index (χ2v) is 6.24. The lowest BCUT2D eigenvalue weighted by Gasteiger charge is -2.43. The van der Waals surface area contributed by atoms with Crippen LogP contribution in [0, 0.1) is 0 Å². The molecule has 0 atom stereocenters. The van der Waals surface area contributed by atoms with Gasteiger partial charge in [-0.1, -0.05) is 24.3 Å². The van der Waals surface area contributed by atoms with Gasteiger partial charge in [-0.05, 0) is 23.8 Å². The van der Waals surface area contributed by atoms with E-state index in [1.807, 2.05) is 47.6 Å². The molecule has 0 bridgehead atoms. The van der Waals surface area contributed by atoms with E-state index in [0.29, 0.717) is 12.0 Å². The summed E-state index contributed by atoms with van der Waals surface area (Å²) in [6, 6.07) is 13.9. The zero-order valence-corrected chi connectivity index (χ0v) is 13.9. The van der Waals surface area contributed by atoms with Crippen molar-refractivity contribution >= 4 is 17.5 Å². The fraction of sp³-hybridized carbons (Fsp3) is 0.263. The molecule has 2 aromatic rings. The highest BCUT2D eigenvalue weighted by Crippen LogP contribution is 2.30. The Morgan fingerprint density at radius 3 is 2.48 bits per heavy atom. The van der Waals surface area contributed by atoms with Crippen molar-refractivity contribution in [3.05, 3.63) is 66.0 Å². The van der Waals surface area contributed by atoms with Gasteiger partial charge in [0.15, 0.2) is 0 Å². The lowest BCUT2D eigenvalue weighted by Crippen LogP contribution is -2.53. The van der Waals surface area contributed by atoms with Crippen molar-refractivity contribution in [1.29, 1.82) is 0 Å².